The van der Waals surface area contributed by atoms with Crippen LogP contribution in [0.15, 0.2) is 24.3 Å². The van der Waals surface area contributed by atoms with Gasteiger partial charge in [0.1, 0.15) is 5.82 Å². The third kappa shape index (κ3) is 2.15. The van der Waals surface area contributed by atoms with Gasteiger partial charge in [-0.15, -0.1) is 0 Å². The fourth-order valence-corrected chi connectivity index (χ4v) is 1.75. The predicted octanol–water partition coefficient (Wildman–Crippen LogP) is 1.84. The molecule has 1 aliphatic heterocycles. The zero-order chi connectivity index (χ0) is 10.8. The van der Waals surface area contributed by atoms with Crippen LogP contribution in [0.25, 0.3) is 0 Å². The molecule has 2 atom stereocenters. The number of rotatable bonds is 2. The van der Waals surface area contributed by atoms with Gasteiger partial charge in [-0.1, -0.05) is 12.1 Å². The Hall–Kier alpha value is -1.42. The highest BCUT2D eigenvalue weighted by Crippen LogP contribution is 2.32. The number of benzene rings is 1. The monoisotopic (exact) mass is 208 g/mol. The number of nitrogens with one attached hydrogen (secondary N) is 1. The van der Waals surface area contributed by atoms with E-state index in [1.807, 2.05) is 0 Å². The zero-order valence-electron chi connectivity index (χ0n) is 8.24. The topological polar surface area (TPSA) is 59.1 Å². The standard InChI is InChI=1S/C11H13FN2O/c12-9-3-1-7(2-4-9)10-5-8(6-15-10)11(13)14/h1-4,8,10H,5-6H2,(H3,13,14)/t8-,10+/m0/s1. The van der Waals surface area contributed by atoms with E-state index >= 15 is 0 Å². The molecule has 0 aliphatic carbocycles. The molecule has 0 saturated carbocycles. The van der Waals surface area contributed by atoms with E-state index in [0.29, 0.717) is 13.0 Å². The average molecular weight is 208 g/mol. The van der Waals surface area contributed by atoms with Crippen LogP contribution in [0.1, 0.15) is 18.1 Å². The van der Waals surface area contributed by atoms with E-state index in [1.165, 1.54) is 12.1 Å². The maximum atomic E-state index is 12.7. The van der Waals surface area contributed by atoms with Crippen molar-refractivity contribution in [2.45, 2.75) is 12.5 Å². The second-order valence-corrected chi connectivity index (χ2v) is 3.76. The number of hydrogen-bond donors (Lipinski definition) is 2. The molecular weight excluding hydrogens is 195 g/mol. The molecule has 1 aromatic carbocycles. The number of nitrogens with two attached hydrogens (primary N) is 1. The number of halogens is 1. The second-order valence-electron chi connectivity index (χ2n) is 3.76. The maximum absolute atomic E-state index is 12.7. The Labute approximate surface area is 87.6 Å². The van der Waals surface area contributed by atoms with Crippen molar-refractivity contribution in [1.82, 2.24) is 0 Å². The molecule has 0 spiro atoms. The minimum Gasteiger partial charge on any atom is -0.387 e. The first-order valence-electron chi connectivity index (χ1n) is 4.88. The van der Waals surface area contributed by atoms with Gasteiger partial charge in [0.15, 0.2) is 0 Å². The third-order valence-electron chi connectivity index (χ3n) is 2.68. The lowest BCUT2D eigenvalue weighted by molar-refractivity contribution is 0.110. The van der Waals surface area contributed by atoms with E-state index in [9.17, 15) is 4.39 Å². The lowest BCUT2D eigenvalue weighted by Crippen LogP contribution is -2.22. The molecule has 1 aliphatic rings. The molecule has 0 aromatic heterocycles. The Balaban J connectivity index is 2.07. The Kier molecular flexibility index (Phi) is 2.68. The van der Waals surface area contributed by atoms with Crippen LogP contribution >= 0.6 is 0 Å². The van der Waals surface area contributed by atoms with Gasteiger partial charge >= 0.3 is 0 Å². The first-order valence-corrected chi connectivity index (χ1v) is 4.88. The minimum atomic E-state index is -0.250. The lowest BCUT2D eigenvalue weighted by Gasteiger charge is -2.09. The Morgan fingerprint density at radius 3 is 2.60 bits per heavy atom. The normalized spacial score (nSPS) is 25.4. The Bertz CT molecular complexity index is 363. The highest BCUT2D eigenvalue weighted by Gasteiger charge is 2.28. The average Bonchev–Trinajstić information content (AvgIpc) is 2.68. The van der Waals surface area contributed by atoms with Crippen LogP contribution in [0.2, 0.25) is 0 Å². The van der Waals surface area contributed by atoms with Crippen LogP contribution in [0.4, 0.5) is 4.39 Å². The molecule has 3 N–H and O–H groups in total. The summed E-state index contributed by atoms with van der Waals surface area (Å²) in [5.74, 6) is -0.0838. The van der Waals surface area contributed by atoms with Crippen LogP contribution in [0.5, 0.6) is 0 Å². The molecule has 80 valence electrons. The summed E-state index contributed by atoms with van der Waals surface area (Å²) < 4.78 is 18.2. The maximum Gasteiger partial charge on any atom is 0.123 e. The highest BCUT2D eigenvalue weighted by molar-refractivity contribution is 5.80. The van der Waals surface area contributed by atoms with Gasteiger partial charge in [-0.3, -0.25) is 5.41 Å². The number of ether oxygens (including phenoxy) is 1. The molecule has 1 aromatic rings. The van der Waals surface area contributed by atoms with Crippen molar-refractivity contribution in [2.24, 2.45) is 11.7 Å². The van der Waals surface area contributed by atoms with E-state index in [-0.39, 0.29) is 23.7 Å². The first kappa shape index (κ1) is 10.1. The molecule has 0 bridgehead atoms. The lowest BCUT2D eigenvalue weighted by atomic mass is 10.00. The summed E-state index contributed by atoms with van der Waals surface area (Å²) in [7, 11) is 0. The van der Waals surface area contributed by atoms with Gasteiger partial charge in [0.25, 0.3) is 0 Å². The summed E-state index contributed by atoms with van der Waals surface area (Å²) in [6.45, 7) is 0.484. The van der Waals surface area contributed by atoms with Gasteiger partial charge < -0.3 is 10.5 Å². The van der Waals surface area contributed by atoms with E-state index in [4.69, 9.17) is 15.9 Å². The van der Waals surface area contributed by atoms with E-state index in [2.05, 4.69) is 0 Å². The summed E-state index contributed by atoms with van der Waals surface area (Å²) in [6, 6.07) is 6.25. The zero-order valence-corrected chi connectivity index (χ0v) is 8.24. The van der Waals surface area contributed by atoms with Crippen LogP contribution in [-0.4, -0.2) is 12.4 Å². The molecule has 1 fully saturated rings. The smallest absolute Gasteiger partial charge is 0.123 e. The fourth-order valence-electron chi connectivity index (χ4n) is 1.75. The molecule has 0 radical (unpaired) electrons. The second kappa shape index (κ2) is 3.98. The molecular formula is C11H13FN2O. The van der Waals surface area contributed by atoms with E-state index in [0.717, 1.165) is 5.56 Å². The Morgan fingerprint density at radius 2 is 2.07 bits per heavy atom. The Morgan fingerprint density at radius 1 is 1.40 bits per heavy atom. The van der Waals surface area contributed by atoms with Crippen molar-refractivity contribution >= 4 is 5.84 Å². The van der Waals surface area contributed by atoms with Gasteiger partial charge in [-0.2, -0.15) is 0 Å². The van der Waals surface area contributed by atoms with Crippen LogP contribution in [0, 0.1) is 17.1 Å². The van der Waals surface area contributed by atoms with Crippen molar-refractivity contribution in [2.75, 3.05) is 6.61 Å². The van der Waals surface area contributed by atoms with Crippen molar-refractivity contribution in [1.29, 1.82) is 5.41 Å². The minimum absolute atomic E-state index is 0.0000491. The molecule has 0 unspecified atom stereocenters. The molecule has 15 heavy (non-hydrogen) atoms. The first-order chi connectivity index (χ1) is 7.16. The molecule has 1 saturated heterocycles. The quantitative estimate of drug-likeness (QED) is 0.575. The van der Waals surface area contributed by atoms with Crippen molar-refractivity contribution in [3.63, 3.8) is 0 Å². The van der Waals surface area contributed by atoms with Gasteiger partial charge in [0, 0.05) is 5.92 Å². The van der Waals surface area contributed by atoms with E-state index in [1.54, 1.807) is 12.1 Å². The van der Waals surface area contributed by atoms with Crippen LogP contribution in [-0.2, 0) is 4.74 Å². The van der Waals surface area contributed by atoms with E-state index < -0.39 is 0 Å². The molecule has 1 heterocycles. The third-order valence-corrected chi connectivity index (χ3v) is 2.68. The van der Waals surface area contributed by atoms with Crippen LogP contribution in [0.3, 0.4) is 0 Å². The molecule has 2 rings (SSSR count). The summed E-state index contributed by atoms with van der Waals surface area (Å²) in [6.07, 6.45) is 0.653. The predicted molar refractivity (Wildman–Crippen MR) is 55.1 cm³/mol. The molecule has 3 nitrogen and oxygen atoms in total. The van der Waals surface area contributed by atoms with Crippen molar-refractivity contribution in [3.8, 4) is 0 Å². The largest absolute Gasteiger partial charge is 0.387 e. The summed E-state index contributed by atoms with van der Waals surface area (Å²) in [4.78, 5) is 0. The molecule has 0 amide bonds. The number of amidine groups is 1. The van der Waals surface area contributed by atoms with Gasteiger partial charge in [0.2, 0.25) is 0 Å². The SMILES string of the molecule is N=C(N)[C@@H]1CO[C@@H](c2ccc(F)cc2)C1. The van der Waals surface area contributed by atoms with Gasteiger partial charge in [-0.25, -0.2) is 4.39 Å². The van der Waals surface area contributed by atoms with Gasteiger partial charge in [0.05, 0.1) is 18.5 Å². The fraction of sp³-hybridized carbons (Fsp3) is 0.364. The molecule has 4 heteroatoms. The summed E-state index contributed by atoms with van der Waals surface area (Å²) in [5, 5.41) is 7.32. The highest BCUT2D eigenvalue weighted by atomic mass is 19.1. The number of hydrogen-bond acceptors (Lipinski definition) is 2. The van der Waals surface area contributed by atoms with Gasteiger partial charge in [-0.05, 0) is 24.1 Å². The summed E-state index contributed by atoms with van der Waals surface area (Å²) in [5.41, 5.74) is 6.35. The van der Waals surface area contributed by atoms with Crippen LogP contribution < -0.4 is 5.73 Å². The van der Waals surface area contributed by atoms with Crippen molar-refractivity contribution in [3.05, 3.63) is 35.6 Å². The summed E-state index contributed by atoms with van der Waals surface area (Å²) >= 11 is 0. The van der Waals surface area contributed by atoms with Crippen molar-refractivity contribution < 1.29 is 9.13 Å².